The molecule has 4 aromatic rings. The van der Waals surface area contributed by atoms with Crippen molar-refractivity contribution in [1.82, 2.24) is 25.1 Å². The van der Waals surface area contributed by atoms with Gasteiger partial charge in [0.25, 0.3) is 6.43 Å². The molecule has 1 saturated heterocycles. The fourth-order valence-electron chi connectivity index (χ4n) is 4.54. The minimum Gasteiger partial charge on any atom is -0.459 e. The lowest BCUT2D eigenvalue weighted by Crippen LogP contribution is -2.38. The van der Waals surface area contributed by atoms with Crippen LogP contribution in [0.3, 0.4) is 0 Å². The van der Waals surface area contributed by atoms with Crippen molar-refractivity contribution in [2.24, 2.45) is 5.92 Å². The maximum atomic E-state index is 12.6. The summed E-state index contributed by atoms with van der Waals surface area (Å²) in [6.45, 7) is 7.17. The number of fused-ring (bicyclic) bond motifs is 2. The van der Waals surface area contributed by atoms with Crippen molar-refractivity contribution in [3.63, 3.8) is 0 Å². The van der Waals surface area contributed by atoms with Gasteiger partial charge < -0.3 is 24.7 Å². The van der Waals surface area contributed by atoms with Crippen LogP contribution in [0.2, 0.25) is 0 Å². The molecule has 0 spiro atoms. The van der Waals surface area contributed by atoms with E-state index >= 15 is 0 Å². The zero-order valence-corrected chi connectivity index (χ0v) is 21.6. The van der Waals surface area contributed by atoms with E-state index in [1.54, 1.807) is 45.4 Å². The van der Waals surface area contributed by atoms with Crippen LogP contribution in [0.4, 0.5) is 31.0 Å². The van der Waals surface area contributed by atoms with Crippen molar-refractivity contribution in [3.05, 3.63) is 36.7 Å². The van der Waals surface area contributed by atoms with E-state index in [4.69, 9.17) is 14.1 Å². The van der Waals surface area contributed by atoms with Gasteiger partial charge in [-0.2, -0.15) is 14.8 Å². The quantitative estimate of drug-likeness (QED) is 0.336. The number of hydrogen-bond acceptors (Lipinski definition) is 9. The number of carbonyl (C=O) groups excluding carboxylic acids is 1. The number of aromatic nitrogens is 4. The van der Waals surface area contributed by atoms with Crippen molar-refractivity contribution in [2.45, 2.75) is 45.6 Å². The fraction of sp³-hybridized carbons (Fsp3) is 0.462. The Morgan fingerprint density at radius 3 is 2.74 bits per heavy atom. The molecule has 0 atom stereocenters. The van der Waals surface area contributed by atoms with Gasteiger partial charge in [-0.3, -0.25) is 0 Å². The van der Waals surface area contributed by atoms with Gasteiger partial charge in [0.1, 0.15) is 11.1 Å². The maximum absolute atomic E-state index is 12.6. The number of nitrogens with one attached hydrogen (secondary N) is 2. The molecule has 0 unspecified atom stereocenters. The lowest BCUT2D eigenvalue weighted by atomic mass is 9.97. The maximum Gasteiger partial charge on any atom is 0.435 e. The van der Waals surface area contributed by atoms with E-state index in [1.165, 1.54) is 4.68 Å². The number of benzene rings is 1. The molecule has 202 valence electrons. The first-order chi connectivity index (χ1) is 18.2. The summed E-state index contributed by atoms with van der Waals surface area (Å²) in [5.74, 6) is 1.40. The smallest absolute Gasteiger partial charge is 0.435 e. The van der Waals surface area contributed by atoms with E-state index in [1.807, 2.05) is 12.1 Å². The Hall–Kier alpha value is -3.80. The molecule has 12 heteroatoms. The van der Waals surface area contributed by atoms with E-state index in [2.05, 4.69) is 25.6 Å². The Kier molecular flexibility index (Phi) is 7.15. The molecule has 0 aliphatic carbocycles. The highest BCUT2D eigenvalue weighted by molar-refractivity contribution is 5.90. The lowest BCUT2D eigenvalue weighted by Gasteiger charge is -2.33. The second-order valence-electron chi connectivity index (χ2n) is 10.4. The van der Waals surface area contributed by atoms with E-state index < -0.39 is 18.1 Å². The van der Waals surface area contributed by atoms with Crippen molar-refractivity contribution in [2.75, 3.05) is 36.4 Å². The lowest BCUT2D eigenvalue weighted by molar-refractivity contribution is 0.0522. The number of ether oxygens (including phenoxy) is 1. The Morgan fingerprint density at radius 2 is 2.00 bits per heavy atom. The Labute approximate surface area is 218 Å². The SMILES string of the molecule is CC(C)(C)OC(=O)n1ncc2ccc(Nc3nc(N4CCC(CNCC(F)F)CC4)c4occc4n3)cc21. The van der Waals surface area contributed by atoms with Gasteiger partial charge in [-0.25, -0.2) is 18.6 Å². The van der Waals surface area contributed by atoms with Crippen molar-refractivity contribution in [1.29, 1.82) is 0 Å². The van der Waals surface area contributed by atoms with Crippen LogP contribution >= 0.6 is 0 Å². The molecule has 1 fully saturated rings. The number of furan rings is 1. The van der Waals surface area contributed by atoms with Crippen LogP contribution in [0.1, 0.15) is 33.6 Å². The summed E-state index contributed by atoms with van der Waals surface area (Å²) in [7, 11) is 0. The molecule has 1 aliphatic heterocycles. The normalized spacial score (nSPS) is 15.1. The number of anilines is 3. The van der Waals surface area contributed by atoms with E-state index in [-0.39, 0.29) is 6.54 Å². The zero-order chi connectivity index (χ0) is 26.9. The van der Waals surface area contributed by atoms with E-state index in [0.717, 1.165) is 31.3 Å². The van der Waals surface area contributed by atoms with Crippen LogP contribution in [0.5, 0.6) is 0 Å². The molecule has 1 aliphatic rings. The Balaban J connectivity index is 1.34. The van der Waals surface area contributed by atoms with Gasteiger partial charge >= 0.3 is 6.09 Å². The van der Waals surface area contributed by atoms with Gasteiger partial charge in [-0.15, -0.1) is 0 Å². The number of hydrogen-bond donors (Lipinski definition) is 2. The predicted octanol–water partition coefficient (Wildman–Crippen LogP) is 5.17. The minimum absolute atomic E-state index is 0.279. The van der Waals surface area contributed by atoms with Crippen LogP contribution in [0.25, 0.3) is 22.0 Å². The minimum atomic E-state index is -2.34. The molecule has 5 rings (SSSR count). The number of rotatable bonds is 7. The largest absolute Gasteiger partial charge is 0.459 e. The number of carbonyl (C=O) groups is 1. The standard InChI is InChI=1S/C26H31F2N7O3/c1-26(2,3)38-25(36)35-20-12-18(5-4-17(20)14-30-35)31-24-32-19-8-11-37-22(19)23(33-24)34-9-6-16(7-10-34)13-29-15-21(27)28/h4-5,8,11-12,14,16,21,29H,6-7,9-10,13,15H2,1-3H3,(H,31,32,33). The average molecular weight is 528 g/mol. The van der Waals surface area contributed by atoms with Gasteiger partial charge in [0.15, 0.2) is 11.4 Å². The summed E-state index contributed by atoms with van der Waals surface area (Å²) in [4.78, 5) is 24.1. The average Bonchev–Trinajstić information content (AvgIpc) is 3.49. The van der Waals surface area contributed by atoms with Gasteiger partial charge in [0.05, 0.1) is 24.5 Å². The number of halogens is 2. The Bertz CT molecular complexity index is 1420. The summed E-state index contributed by atoms with van der Waals surface area (Å²) in [6, 6.07) is 7.31. The van der Waals surface area contributed by atoms with Crippen molar-refractivity contribution >= 4 is 45.5 Å². The van der Waals surface area contributed by atoms with E-state index in [9.17, 15) is 13.6 Å². The van der Waals surface area contributed by atoms with Crippen LogP contribution in [-0.4, -0.2) is 64.0 Å². The topological polar surface area (TPSA) is 110 Å². The highest BCUT2D eigenvalue weighted by Gasteiger charge is 2.24. The third-order valence-electron chi connectivity index (χ3n) is 6.32. The van der Waals surface area contributed by atoms with E-state index in [0.29, 0.717) is 46.5 Å². The fourth-order valence-corrected chi connectivity index (χ4v) is 4.54. The third kappa shape index (κ3) is 5.85. The predicted molar refractivity (Wildman–Crippen MR) is 140 cm³/mol. The highest BCUT2D eigenvalue weighted by atomic mass is 19.3. The first kappa shape index (κ1) is 25.8. The summed E-state index contributed by atoms with van der Waals surface area (Å²) < 4.78 is 37.3. The van der Waals surface area contributed by atoms with Crippen LogP contribution in [-0.2, 0) is 4.74 Å². The molecular formula is C26H31F2N7O3. The molecule has 0 bridgehead atoms. The first-order valence-corrected chi connectivity index (χ1v) is 12.6. The zero-order valence-electron chi connectivity index (χ0n) is 21.6. The number of nitrogens with zero attached hydrogens (tertiary/aromatic N) is 5. The number of piperidine rings is 1. The third-order valence-corrected chi connectivity index (χ3v) is 6.32. The van der Waals surface area contributed by atoms with Crippen molar-refractivity contribution in [3.8, 4) is 0 Å². The van der Waals surface area contributed by atoms with Crippen LogP contribution < -0.4 is 15.5 Å². The van der Waals surface area contributed by atoms with Crippen molar-refractivity contribution < 1.29 is 22.7 Å². The van der Waals surface area contributed by atoms with Gasteiger partial charge in [-0.05, 0) is 64.3 Å². The molecule has 3 aromatic heterocycles. The molecule has 0 saturated carbocycles. The van der Waals surface area contributed by atoms with Crippen LogP contribution in [0, 0.1) is 5.92 Å². The Morgan fingerprint density at radius 1 is 1.21 bits per heavy atom. The molecule has 38 heavy (non-hydrogen) atoms. The summed E-state index contributed by atoms with van der Waals surface area (Å²) in [5, 5.41) is 11.1. The molecule has 2 N–H and O–H groups in total. The molecule has 4 heterocycles. The second kappa shape index (κ2) is 10.5. The molecule has 10 nitrogen and oxygen atoms in total. The summed E-state index contributed by atoms with van der Waals surface area (Å²) >= 11 is 0. The van der Waals surface area contributed by atoms with Gasteiger partial charge in [0.2, 0.25) is 5.95 Å². The highest BCUT2D eigenvalue weighted by Crippen LogP contribution is 2.31. The molecule has 0 radical (unpaired) electrons. The second-order valence-corrected chi connectivity index (χ2v) is 10.4. The first-order valence-electron chi connectivity index (χ1n) is 12.6. The summed E-state index contributed by atoms with van der Waals surface area (Å²) in [6.07, 6.45) is 2.01. The summed E-state index contributed by atoms with van der Waals surface area (Å²) in [5.41, 5.74) is 1.89. The van der Waals surface area contributed by atoms with Crippen LogP contribution in [0.15, 0.2) is 41.1 Å². The monoisotopic (exact) mass is 527 g/mol. The molecular weight excluding hydrogens is 496 g/mol. The molecule has 1 aromatic carbocycles. The van der Waals surface area contributed by atoms with Gasteiger partial charge in [-0.1, -0.05) is 0 Å². The van der Waals surface area contributed by atoms with Gasteiger partial charge in [0, 0.05) is 30.2 Å². The molecule has 0 amide bonds. The number of alkyl halides is 2.